The van der Waals surface area contributed by atoms with Gasteiger partial charge >= 0.3 is 0 Å². The van der Waals surface area contributed by atoms with Crippen molar-refractivity contribution in [3.63, 3.8) is 0 Å². The smallest absolute Gasteiger partial charge is 0.248 e. The second-order valence-corrected chi connectivity index (χ2v) is 5.87. The van der Waals surface area contributed by atoms with Gasteiger partial charge in [-0.2, -0.15) is 0 Å². The van der Waals surface area contributed by atoms with E-state index in [0.717, 1.165) is 34.7 Å². The summed E-state index contributed by atoms with van der Waals surface area (Å²) < 4.78 is 1.01. The van der Waals surface area contributed by atoms with Gasteiger partial charge in [-0.15, -0.1) is 0 Å². The number of amides is 1. The monoisotopic (exact) mass is 346 g/mol. The van der Waals surface area contributed by atoms with Crippen LogP contribution in [0.5, 0.6) is 0 Å². The van der Waals surface area contributed by atoms with Gasteiger partial charge in [-0.1, -0.05) is 27.5 Å². The highest BCUT2D eigenvalue weighted by Gasteiger charge is 2.20. The van der Waals surface area contributed by atoms with Crippen LogP contribution in [0.3, 0.4) is 0 Å². The first kappa shape index (κ1) is 14.8. The molecule has 0 saturated carbocycles. The zero-order valence-electron chi connectivity index (χ0n) is 10.5. The molecule has 0 aliphatic carbocycles. The zero-order chi connectivity index (χ0) is 13.8. The zero-order valence-corrected chi connectivity index (χ0v) is 12.8. The summed E-state index contributed by atoms with van der Waals surface area (Å²) in [5.41, 5.74) is 1.08. The van der Waals surface area contributed by atoms with Crippen molar-refractivity contribution in [2.24, 2.45) is 0 Å². The number of carbonyl (C=O) groups is 1. The Balaban J connectivity index is 1.92. The molecular weight excluding hydrogens is 332 g/mol. The molecule has 104 valence electrons. The molecule has 1 aliphatic heterocycles. The van der Waals surface area contributed by atoms with Gasteiger partial charge in [-0.3, -0.25) is 9.69 Å². The third-order valence-electron chi connectivity index (χ3n) is 3.26. The number of aliphatic hydroxyl groups is 1. The van der Waals surface area contributed by atoms with Crippen molar-refractivity contribution >= 4 is 33.4 Å². The average Bonchev–Trinajstić information content (AvgIpc) is 2.43. The third kappa shape index (κ3) is 3.92. The molecule has 0 unspecified atom stereocenters. The molecule has 0 atom stereocenters. The van der Waals surface area contributed by atoms with Gasteiger partial charge in [-0.25, -0.2) is 0 Å². The normalized spacial score (nSPS) is 16.7. The maximum absolute atomic E-state index is 11.4. The van der Waals surface area contributed by atoms with Crippen LogP contribution in [0.4, 0.5) is 0 Å². The molecule has 1 fully saturated rings. The van der Waals surface area contributed by atoms with Crippen molar-refractivity contribution in [1.82, 2.24) is 9.80 Å². The fraction of sp³-hybridized carbons (Fsp3) is 0.462. The van der Waals surface area contributed by atoms with Gasteiger partial charge in [0.1, 0.15) is 6.61 Å². The van der Waals surface area contributed by atoms with E-state index in [2.05, 4.69) is 20.8 Å². The molecule has 1 amide bonds. The van der Waals surface area contributed by atoms with Crippen LogP contribution >= 0.6 is 27.5 Å². The van der Waals surface area contributed by atoms with Gasteiger partial charge in [0, 0.05) is 42.2 Å². The Morgan fingerprint density at radius 1 is 1.32 bits per heavy atom. The van der Waals surface area contributed by atoms with Gasteiger partial charge in [0.25, 0.3) is 0 Å². The molecule has 1 heterocycles. The van der Waals surface area contributed by atoms with Gasteiger partial charge in [0.2, 0.25) is 5.91 Å². The number of benzene rings is 1. The fourth-order valence-corrected chi connectivity index (χ4v) is 2.75. The molecule has 19 heavy (non-hydrogen) atoms. The number of aliphatic hydroxyl groups excluding tert-OH is 1. The lowest BCUT2D eigenvalue weighted by molar-refractivity contribution is -0.135. The van der Waals surface area contributed by atoms with Gasteiger partial charge in [0.15, 0.2) is 0 Å². The second kappa shape index (κ2) is 6.70. The average molecular weight is 348 g/mol. The molecule has 1 aromatic rings. The molecule has 0 spiro atoms. The van der Waals surface area contributed by atoms with E-state index in [9.17, 15) is 4.79 Å². The summed E-state index contributed by atoms with van der Waals surface area (Å²) in [5, 5.41) is 9.59. The fourth-order valence-electron chi connectivity index (χ4n) is 2.16. The van der Waals surface area contributed by atoms with Crippen molar-refractivity contribution in [2.45, 2.75) is 6.54 Å². The number of piperazine rings is 1. The van der Waals surface area contributed by atoms with Crippen molar-refractivity contribution in [3.05, 3.63) is 33.3 Å². The minimum absolute atomic E-state index is 0.194. The molecule has 6 heteroatoms. The van der Waals surface area contributed by atoms with Gasteiger partial charge in [0.05, 0.1) is 0 Å². The number of rotatable bonds is 3. The van der Waals surface area contributed by atoms with Crippen LogP contribution in [0.25, 0.3) is 0 Å². The highest BCUT2D eigenvalue weighted by atomic mass is 79.9. The standard InChI is InChI=1S/C13H16BrClN2O2/c14-11-1-2-12(15)10(7-11)8-16-3-5-17(6-4-16)13(19)9-18/h1-2,7,18H,3-6,8-9H2. The van der Waals surface area contributed by atoms with Crippen molar-refractivity contribution < 1.29 is 9.90 Å². The summed E-state index contributed by atoms with van der Waals surface area (Å²) in [6.45, 7) is 3.29. The lowest BCUT2D eigenvalue weighted by atomic mass is 10.2. The summed E-state index contributed by atoms with van der Waals surface area (Å²) in [4.78, 5) is 15.3. The van der Waals surface area contributed by atoms with E-state index in [1.54, 1.807) is 4.90 Å². The number of carbonyl (C=O) groups excluding carboxylic acids is 1. The van der Waals surface area contributed by atoms with E-state index in [1.165, 1.54) is 0 Å². The summed E-state index contributed by atoms with van der Waals surface area (Å²) in [6.07, 6.45) is 0. The Labute approximate surface area is 126 Å². The van der Waals surface area contributed by atoms with E-state index in [1.807, 2.05) is 18.2 Å². The molecule has 4 nitrogen and oxygen atoms in total. The van der Waals surface area contributed by atoms with Crippen molar-refractivity contribution in [2.75, 3.05) is 32.8 Å². The molecular formula is C13H16BrClN2O2. The van der Waals surface area contributed by atoms with Crippen molar-refractivity contribution in [3.8, 4) is 0 Å². The number of hydrogen-bond acceptors (Lipinski definition) is 3. The number of hydrogen-bond donors (Lipinski definition) is 1. The van der Waals surface area contributed by atoms with E-state index < -0.39 is 6.61 Å². The highest BCUT2D eigenvalue weighted by molar-refractivity contribution is 9.10. The topological polar surface area (TPSA) is 43.8 Å². The third-order valence-corrected chi connectivity index (χ3v) is 4.12. The molecule has 0 radical (unpaired) electrons. The maximum Gasteiger partial charge on any atom is 0.248 e. The summed E-state index contributed by atoms with van der Waals surface area (Å²) in [5.74, 6) is -0.194. The first-order valence-electron chi connectivity index (χ1n) is 6.15. The van der Waals surface area contributed by atoms with Gasteiger partial charge in [-0.05, 0) is 23.8 Å². The Morgan fingerprint density at radius 3 is 2.63 bits per heavy atom. The number of nitrogens with zero attached hydrogens (tertiary/aromatic N) is 2. The van der Waals surface area contributed by atoms with Crippen LogP contribution in [0.15, 0.2) is 22.7 Å². The number of halogens is 2. The lowest BCUT2D eigenvalue weighted by Crippen LogP contribution is -2.49. The van der Waals surface area contributed by atoms with E-state index >= 15 is 0 Å². The van der Waals surface area contributed by atoms with Crippen LogP contribution in [-0.2, 0) is 11.3 Å². The molecule has 1 saturated heterocycles. The quantitative estimate of drug-likeness (QED) is 0.906. The van der Waals surface area contributed by atoms with Gasteiger partial charge < -0.3 is 10.0 Å². The van der Waals surface area contributed by atoms with E-state index in [4.69, 9.17) is 16.7 Å². The Hall–Kier alpha value is -0.620. The molecule has 2 rings (SSSR count). The molecule has 1 aromatic carbocycles. The lowest BCUT2D eigenvalue weighted by Gasteiger charge is -2.34. The summed E-state index contributed by atoms with van der Waals surface area (Å²) in [6, 6.07) is 5.82. The molecule has 1 aliphatic rings. The molecule has 0 aromatic heterocycles. The van der Waals surface area contributed by atoms with Crippen molar-refractivity contribution in [1.29, 1.82) is 0 Å². The second-order valence-electron chi connectivity index (χ2n) is 4.55. The Kier molecular flexibility index (Phi) is 5.21. The van der Waals surface area contributed by atoms with Crippen LogP contribution < -0.4 is 0 Å². The predicted molar refractivity (Wildman–Crippen MR) is 78.1 cm³/mol. The first-order chi connectivity index (χ1) is 9.10. The van der Waals surface area contributed by atoms with Crippen LogP contribution in [0.2, 0.25) is 5.02 Å². The van der Waals surface area contributed by atoms with E-state index in [0.29, 0.717) is 13.1 Å². The Morgan fingerprint density at radius 2 is 2.00 bits per heavy atom. The summed E-state index contributed by atoms with van der Waals surface area (Å²) in [7, 11) is 0. The minimum Gasteiger partial charge on any atom is -0.387 e. The maximum atomic E-state index is 11.4. The highest BCUT2D eigenvalue weighted by Crippen LogP contribution is 2.22. The largest absolute Gasteiger partial charge is 0.387 e. The van der Waals surface area contributed by atoms with Crippen LogP contribution in [0.1, 0.15) is 5.56 Å². The molecule has 0 bridgehead atoms. The molecule has 1 N–H and O–H groups in total. The summed E-state index contributed by atoms with van der Waals surface area (Å²) >= 11 is 9.61. The predicted octanol–water partition coefficient (Wildman–Crippen LogP) is 1.74. The minimum atomic E-state index is -0.405. The van der Waals surface area contributed by atoms with Crippen LogP contribution in [0, 0.1) is 0 Å². The SMILES string of the molecule is O=C(CO)N1CCN(Cc2cc(Br)ccc2Cl)CC1. The first-order valence-corrected chi connectivity index (χ1v) is 7.32. The van der Waals surface area contributed by atoms with Crippen LogP contribution in [-0.4, -0.2) is 53.6 Å². The Bertz CT molecular complexity index is 462. The van der Waals surface area contributed by atoms with E-state index in [-0.39, 0.29) is 5.91 Å².